The van der Waals surface area contributed by atoms with E-state index >= 15 is 0 Å². The zero-order chi connectivity index (χ0) is 13.3. The molecule has 94 valence electrons. The number of hydrogen-bond acceptors (Lipinski definition) is 1. The predicted molar refractivity (Wildman–Crippen MR) is 78.0 cm³/mol. The number of ether oxygens (including phenoxy) is 1. The van der Waals surface area contributed by atoms with Crippen molar-refractivity contribution in [1.82, 2.24) is 0 Å². The van der Waals surface area contributed by atoms with Crippen LogP contribution in [-0.2, 0) is 0 Å². The van der Waals surface area contributed by atoms with Crippen molar-refractivity contribution in [2.24, 2.45) is 0 Å². The molecule has 0 spiro atoms. The molecule has 0 aliphatic heterocycles. The average Bonchev–Trinajstić information content (AvgIpc) is 2.31. The van der Waals surface area contributed by atoms with Crippen LogP contribution in [0.2, 0.25) is 25.1 Å². The highest BCUT2D eigenvalue weighted by Gasteiger charge is 2.09. The lowest BCUT2D eigenvalue weighted by atomic mass is 10.3. The van der Waals surface area contributed by atoms with Crippen LogP contribution in [0, 0.1) is 0 Å². The summed E-state index contributed by atoms with van der Waals surface area (Å²) in [6, 6.07) is 7.94. The Morgan fingerprint density at radius 2 is 1.22 bits per heavy atom. The first kappa shape index (κ1) is 14.1. The Labute approximate surface area is 129 Å². The molecule has 0 N–H and O–H groups in total. The molecular weight excluding hydrogens is 337 g/mol. The summed E-state index contributed by atoms with van der Waals surface area (Å²) in [6.45, 7) is 0. The van der Waals surface area contributed by atoms with E-state index in [1.807, 2.05) is 0 Å². The molecule has 0 aliphatic rings. The monoisotopic (exact) mass is 340 g/mol. The van der Waals surface area contributed by atoms with E-state index in [0.29, 0.717) is 36.6 Å². The SMILES string of the molecule is Clc1ccc(Oc2cc(Cl)c(Cl)cc2Cl)cc1Cl. The van der Waals surface area contributed by atoms with Crippen LogP contribution in [0.1, 0.15) is 0 Å². The van der Waals surface area contributed by atoms with Gasteiger partial charge in [-0.1, -0.05) is 58.0 Å². The maximum absolute atomic E-state index is 6.00. The Bertz CT molecular complexity index is 597. The molecule has 0 unspecified atom stereocenters. The quantitative estimate of drug-likeness (QED) is 0.549. The molecule has 2 aromatic carbocycles. The Morgan fingerprint density at radius 1 is 0.611 bits per heavy atom. The van der Waals surface area contributed by atoms with Crippen molar-refractivity contribution in [2.45, 2.75) is 0 Å². The smallest absolute Gasteiger partial charge is 0.147 e. The van der Waals surface area contributed by atoms with Gasteiger partial charge in [-0.3, -0.25) is 0 Å². The van der Waals surface area contributed by atoms with E-state index < -0.39 is 0 Å². The van der Waals surface area contributed by atoms with Crippen molar-refractivity contribution in [2.75, 3.05) is 0 Å². The second kappa shape index (κ2) is 5.77. The third-order valence-electron chi connectivity index (χ3n) is 2.09. The van der Waals surface area contributed by atoms with Gasteiger partial charge >= 0.3 is 0 Å². The number of rotatable bonds is 2. The topological polar surface area (TPSA) is 9.23 Å². The molecular formula is C12H5Cl5O. The van der Waals surface area contributed by atoms with E-state index in [-0.39, 0.29) is 0 Å². The second-order valence-electron chi connectivity index (χ2n) is 3.37. The molecule has 0 aliphatic carbocycles. The number of benzene rings is 2. The summed E-state index contributed by atoms with van der Waals surface area (Å²) < 4.78 is 5.56. The van der Waals surface area contributed by atoms with Gasteiger partial charge in [0.15, 0.2) is 0 Å². The Morgan fingerprint density at radius 3 is 1.89 bits per heavy atom. The van der Waals surface area contributed by atoms with Crippen LogP contribution >= 0.6 is 58.0 Å². The number of hydrogen-bond donors (Lipinski definition) is 0. The molecule has 0 saturated heterocycles. The number of halogens is 5. The largest absolute Gasteiger partial charge is 0.456 e. The first-order chi connectivity index (χ1) is 8.47. The maximum Gasteiger partial charge on any atom is 0.147 e. The summed E-state index contributed by atoms with van der Waals surface area (Å²) in [5.74, 6) is 0.897. The van der Waals surface area contributed by atoms with Crippen LogP contribution in [0.25, 0.3) is 0 Å². The lowest BCUT2D eigenvalue weighted by molar-refractivity contribution is 0.483. The highest BCUT2D eigenvalue weighted by Crippen LogP contribution is 2.37. The van der Waals surface area contributed by atoms with E-state index in [9.17, 15) is 0 Å². The molecule has 1 nitrogen and oxygen atoms in total. The summed E-state index contributed by atoms with van der Waals surface area (Å²) in [7, 11) is 0. The van der Waals surface area contributed by atoms with Crippen LogP contribution in [-0.4, -0.2) is 0 Å². The van der Waals surface area contributed by atoms with Crippen molar-refractivity contribution < 1.29 is 4.74 Å². The van der Waals surface area contributed by atoms with Crippen LogP contribution in [0.15, 0.2) is 30.3 Å². The fourth-order valence-electron chi connectivity index (χ4n) is 1.25. The van der Waals surface area contributed by atoms with Gasteiger partial charge in [-0.05, 0) is 18.2 Å². The molecule has 2 aromatic rings. The van der Waals surface area contributed by atoms with E-state index in [1.165, 1.54) is 12.1 Å². The second-order valence-corrected chi connectivity index (χ2v) is 5.41. The highest BCUT2D eigenvalue weighted by atomic mass is 35.5. The summed E-state index contributed by atoms with van der Waals surface area (Å²) >= 11 is 29.4. The Hall–Kier alpha value is -0.310. The van der Waals surface area contributed by atoms with Crippen molar-refractivity contribution >= 4 is 58.0 Å². The van der Waals surface area contributed by atoms with Gasteiger partial charge in [-0.2, -0.15) is 0 Å². The van der Waals surface area contributed by atoms with E-state index in [0.717, 1.165) is 0 Å². The van der Waals surface area contributed by atoms with Crippen LogP contribution in [0.5, 0.6) is 11.5 Å². The van der Waals surface area contributed by atoms with Gasteiger partial charge in [0, 0.05) is 12.1 Å². The highest BCUT2D eigenvalue weighted by molar-refractivity contribution is 6.43. The third-order valence-corrected chi connectivity index (χ3v) is 3.85. The first-order valence-corrected chi connectivity index (χ1v) is 6.64. The minimum absolute atomic E-state index is 0.357. The minimum atomic E-state index is 0.357. The van der Waals surface area contributed by atoms with Crippen LogP contribution < -0.4 is 4.74 Å². The molecule has 0 bridgehead atoms. The van der Waals surface area contributed by atoms with E-state index in [2.05, 4.69) is 0 Å². The molecule has 0 saturated carbocycles. The molecule has 18 heavy (non-hydrogen) atoms. The molecule has 0 aromatic heterocycles. The summed E-state index contributed by atoms with van der Waals surface area (Å²) in [4.78, 5) is 0. The van der Waals surface area contributed by atoms with Crippen molar-refractivity contribution in [3.63, 3.8) is 0 Å². The van der Waals surface area contributed by atoms with E-state index in [1.54, 1.807) is 18.2 Å². The first-order valence-electron chi connectivity index (χ1n) is 4.75. The molecule has 0 fully saturated rings. The minimum Gasteiger partial charge on any atom is -0.456 e. The summed E-state index contributed by atoms with van der Waals surface area (Å²) in [5.41, 5.74) is 0. The molecule has 6 heteroatoms. The molecule has 2 rings (SSSR count). The maximum atomic E-state index is 6.00. The zero-order valence-corrected chi connectivity index (χ0v) is 12.5. The standard InChI is InChI=1S/C12H5Cl5O/c13-7-2-1-6(3-8(7)14)18-12-5-10(16)9(15)4-11(12)17/h1-5H. The molecule has 0 atom stereocenters. The van der Waals surface area contributed by atoms with Gasteiger partial charge in [0.05, 0.1) is 25.1 Å². The van der Waals surface area contributed by atoms with Gasteiger partial charge in [-0.15, -0.1) is 0 Å². The van der Waals surface area contributed by atoms with Crippen LogP contribution in [0.4, 0.5) is 0 Å². The van der Waals surface area contributed by atoms with Crippen LogP contribution in [0.3, 0.4) is 0 Å². The Balaban J connectivity index is 2.34. The molecule has 0 amide bonds. The van der Waals surface area contributed by atoms with Gasteiger partial charge in [0.2, 0.25) is 0 Å². The van der Waals surface area contributed by atoms with Gasteiger partial charge in [0.25, 0.3) is 0 Å². The average molecular weight is 342 g/mol. The van der Waals surface area contributed by atoms with Gasteiger partial charge < -0.3 is 4.74 Å². The van der Waals surface area contributed by atoms with Crippen molar-refractivity contribution in [1.29, 1.82) is 0 Å². The Kier molecular flexibility index (Phi) is 4.52. The predicted octanol–water partition coefficient (Wildman–Crippen LogP) is 6.75. The summed E-state index contributed by atoms with van der Waals surface area (Å²) in [6.07, 6.45) is 0. The molecule has 0 radical (unpaired) electrons. The molecule has 0 heterocycles. The van der Waals surface area contributed by atoms with Gasteiger partial charge in [-0.25, -0.2) is 0 Å². The van der Waals surface area contributed by atoms with Crippen molar-refractivity contribution in [3.05, 3.63) is 55.4 Å². The van der Waals surface area contributed by atoms with Crippen molar-refractivity contribution in [3.8, 4) is 11.5 Å². The van der Waals surface area contributed by atoms with Gasteiger partial charge in [0.1, 0.15) is 11.5 Å². The fraction of sp³-hybridized carbons (Fsp3) is 0. The zero-order valence-electron chi connectivity index (χ0n) is 8.68. The third kappa shape index (κ3) is 3.17. The lowest BCUT2D eigenvalue weighted by Gasteiger charge is -2.09. The summed E-state index contributed by atoms with van der Waals surface area (Å²) in [5, 5.41) is 1.92. The normalized spacial score (nSPS) is 10.5. The lowest BCUT2D eigenvalue weighted by Crippen LogP contribution is -1.86. The van der Waals surface area contributed by atoms with E-state index in [4.69, 9.17) is 62.7 Å². The fourth-order valence-corrected chi connectivity index (χ4v) is 2.11.